The first-order valence-corrected chi connectivity index (χ1v) is 11.9. The normalized spacial score (nSPS) is 12.5. The van der Waals surface area contributed by atoms with Crippen molar-refractivity contribution in [3.63, 3.8) is 0 Å². The minimum Gasteiger partial charge on any atom is -0.395 e. The van der Waals surface area contributed by atoms with E-state index in [2.05, 4.69) is 62.4 Å². The van der Waals surface area contributed by atoms with Gasteiger partial charge in [-0.3, -0.25) is 0 Å². The standard InChI is InChI=1S/C31H30O3/c1-3-29(23-11-7-5-8-12-23)25-15-19-27(20-16-25)33-31(32)34-28-21-17-26(18-22-28)30(4-2)24-13-9-6-10-14-24/h5-22,29-30H,3-4H2,1-2H3. The van der Waals surface area contributed by atoms with Gasteiger partial charge in [0.1, 0.15) is 11.5 Å². The minimum absolute atomic E-state index is 0.309. The zero-order valence-corrected chi connectivity index (χ0v) is 19.7. The van der Waals surface area contributed by atoms with E-state index in [0.29, 0.717) is 23.3 Å². The lowest BCUT2D eigenvalue weighted by molar-refractivity contribution is 0.152. The molecule has 0 aromatic heterocycles. The Labute approximate surface area is 202 Å². The van der Waals surface area contributed by atoms with Crippen LogP contribution < -0.4 is 9.47 Å². The Balaban J connectivity index is 1.37. The molecule has 0 aliphatic rings. The lowest BCUT2D eigenvalue weighted by atomic mass is 9.89. The van der Waals surface area contributed by atoms with Crippen LogP contribution in [0.4, 0.5) is 4.79 Å². The van der Waals surface area contributed by atoms with Crippen LogP contribution in [0.2, 0.25) is 0 Å². The second kappa shape index (κ2) is 11.3. The largest absolute Gasteiger partial charge is 0.519 e. The van der Waals surface area contributed by atoms with Gasteiger partial charge in [-0.25, -0.2) is 4.79 Å². The second-order valence-corrected chi connectivity index (χ2v) is 8.34. The van der Waals surface area contributed by atoms with Crippen molar-refractivity contribution in [3.8, 4) is 11.5 Å². The first kappa shape index (κ1) is 23.3. The molecule has 0 aliphatic heterocycles. The molecule has 0 spiro atoms. The van der Waals surface area contributed by atoms with Gasteiger partial charge in [0.25, 0.3) is 0 Å². The molecule has 0 saturated heterocycles. The molecule has 3 nitrogen and oxygen atoms in total. The van der Waals surface area contributed by atoms with Crippen LogP contribution in [0.3, 0.4) is 0 Å². The molecule has 3 heteroatoms. The van der Waals surface area contributed by atoms with Gasteiger partial charge in [-0.15, -0.1) is 0 Å². The summed E-state index contributed by atoms with van der Waals surface area (Å²) in [6.07, 6.45) is 1.24. The van der Waals surface area contributed by atoms with E-state index in [9.17, 15) is 4.79 Å². The van der Waals surface area contributed by atoms with Gasteiger partial charge in [0.2, 0.25) is 0 Å². The van der Waals surface area contributed by atoms with E-state index in [1.54, 1.807) is 0 Å². The second-order valence-electron chi connectivity index (χ2n) is 8.34. The van der Waals surface area contributed by atoms with Gasteiger partial charge in [0, 0.05) is 11.8 Å². The Kier molecular flexibility index (Phi) is 7.77. The highest BCUT2D eigenvalue weighted by Gasteiger charge is 2.15. The number of carbonyl (C=O) groups excluding carboxylic acids is 1. The molecule has 0 saturated carbocycles. The minimum atomic E-state index is -0.745. The van der Waals surface area contributed by atoms with E-state index < -0.39 is 6.16 Å². The van der Waals surface area contributed by atoms with Crippen molar-refractivity contribution >= 4 is 6.16 Å². The summed E-state index contributed by atoms with van der Waals surface area (Å²) in [5.41, 5.74) is 4.93. The van der Waals surface area contributed by atoms with E-state index in [1.165, 1.54) is 22.3 Å². The van der Waals surface area contributed by atoms with Crippen molar-refractivity contribution in [1.82, 2.24) is 0 Å². The zero-order valence-electron chi connectivity index (χ0n) is 19.7. The van der Waals surface area contributed by atoms with Gasteiger partial charge in [0.05, 0.1) is 0 Å². The molecular weight excluding hydrogens is 420 g/mol. The van der Waals surface area contributed by atoms with Gasteiger partial charge >= 0.3 is 6.16 Å². The molecule has 172 valence electrons. The third-order valence-corrected chi connectivity index (χ3v) is 6.19. The lowest BCUT2D eigenvalue weighted by Gasteiger charge is -2.17. The topological polar surface area (TPSA) is 35.5 Å². The maximum Gasteiger partial charge on any atom is 0.519 e. The highest BCUT2D eigenvalue weighted by Crippen LogP contribution is 2.30. The van der Waals surface area contributed by atoms with Gasteiger partial charge in [-0.05, 0) is 59.4 Å². The number of benzene rings is 4. The molecule has 4 aromatic rings. The average Bonchev–Trinajstić information content (AvgIpc) is 2.88. The summed E-state index contributed by atoms with van der Waals surface area (Å²) < 4.78 is 10.8. The van der Waals surface area contributed by atoms with E-state index in [-0.39, 0.29) is 0 Å². The molecule has 4 rings (SSSR count). The fraction of sp³-hybridized carbons (Fsp3) is 0.194. The maximum atomic E-state index is 12.3. The number of ether oxygens (including phenoxy) is 2. The molecule has 0 amide bonds. The first-order valence-electron chi connectivity index (χ1n) is 11.9. The molecule has 4 aromatic carbocycles. The monoisotopic (exact) mass is 450 g/mol. The van der Waals surface area contributed by atoms with E-state index in [0.717, 1.165) is 12.8 Å². The van der Waals surface area contributed by atoms with Gasteiger partial charge < -0.3 is 9.47 Å². The van der Waals surface area contributed by atoms with Crippen LogP contribution in [-0.2, 0) is 0 Å². The molecule has 0 aliphatic carbocycles. The summed E-state index contributed by atoms with van der Waals surface area (Å²) >= 11 is 0. The van der Waals surface area contributed by atoms with Crippen LogP contribution in [0.5, 0.6) is 11.5 Å². The highest BCUT2D eigenvalue weighted by atomic mass is 16.7. The van der Waals surface area contributed by atoms with E-state index in [1.807, 2.05) is 60.7 Å². The number of carbonyl (C=O) groups is 1. The SMILES string of the molecule is CCC(c1ccccc1)c1ccc(OC(=O)Oc2ccc(C(CC)c3ccccc3)cc2)cc1. The summed E-state index contributed by atoms with van der Waals surface area (Å²) in [5.74, 6) is 1.54. The molecule has 0 bridgehead atoms. The predicted octanol–water partition coefficient (Wildman–Crippen LogP) is 8.35. The molecule has 0 radical (unpaired) electrons. The summed E-state index contributed by atoms with van der Waals surface area (Å²) in [6.45, 7) is 4.35. The molecule has 2 atom stereocenters. The molecular formula is C31H30O3. The summed E-state index contributed by atoms with van der Waals surface area (Å²) in [5, 5.41) is 0. The van der Waals surface area contributed by atoms with Crippen molar-refractivity contribution in [3.05, 3.63) is 131 Å². The quantitative estimate of drug-likeness (QED) is 0.200. The Bertz CT molecular complexity index is 1070. The summed E-state index contributed by atoms with van der Waals surface area (Å²) in [6, 6.07) is 36.1. The molecule has 2 unspecified atom stereocenters. The number of hydrogen-bond acceptors (Lipinski definition) is 3. The van der Waals surface area contributed by atoms with Crippen LogP contribution in [0.1, 0.15) is 60.8 Å². The Hall–Kier alpha value is -3.85. The average molecular weight is 451 g/mol. The van der Waals surface area contributed by atoms with Crippen molar-refractivity contribution < 1.29 is 14.3 Å². The van der Waals surface area contributed by atoms with Gasteiger partial charge in [-0.2, -0.15) is 0 Å². The summed E-state index contributed by atoms with van der Waals surface area (Å²) in [4.78, 5) is 12.3. The fourth-order valence-corrected chi connectivity index (χ4v) is 4.45. The van der Waals surface area contributed by atoms with Crippen molar-refractivity contribution in [2.24, 2.45) is 0 Å². The smallest absolute Gasteiger partial charge is 0.395 e. The lowest BCUT2D eigenvalue weighted by Crippen LogP contribution is -2.14. The maximum absolute atomic E-state index is 12.3. The fourth-order valence-electron chi connectivity index (χ4n) is 4.45. The van der Waals surface area contributed by atoms with Gasteiger partial charge in [0.15, 0.2) is 0 Å². The molecule has 0 N–H and O–H groups in total. The number of rotatable bonds is 8. The Morgan fingerprint density at radius 1 is 0.529 bits per heavy atom. The summed E-state index contributed by atoms with van der Waals surface area (Å²) in [7, 11) is 0. The van der Waals surface area contributed by atoms with Crippen LogP contribution >= 0.6 is 0 Å². The van der Waals surface area contributed by atoms with Crippen molar-refractivity contribution in [2.75, 3.05) is 0 Å². The molecule has 0 fully saturated rings. The predicted molar refractivity (Wildman–Crippen MR) is 137 cm³/mol. The Morgan fingerprint density at radius 3 is 1.18 bits per heavy atom. The zero-order chi connectivity index (χ0) is 23.8. The first-order chi connectivity index (χ1) is 16.7. The van der Waals surface area contributed by atoms with E-state index >= 15 is 0 Å². The van der Waals surface area contributed by atoms with Crippen molar-refractivity contribution in [2.45, 2.75) is 38.5 Å². The Morgan fingerprint density at radius 2 is 0.853 bits per heavy atom. The third kappa shape index (κ3) is 5.74. The van der Waals surface area contributed by atoms with Crippen LogP contribution in [-0.4, -0.2) is 6.16 Å². The van der Waals surface area contributed by atoms with E-state index in [4.69, 9.17) is 9.47 Å². The van der Waals surface area contributed by atoms with Crippen molar-refractivity contribution in [1.29, 1.82) is 0 Å². The van der Waals surface area contributed by atoms with Gasteiger partial charge in [-0.1, -0.05) is 98.8 Å². The molecule has 34 heavy (non-hydrogen) atoms. The van der Waals surface area contributed by atoms with Crippen LogP contribution in [0.15, 0.2) is 109 Å². The van der Waals surface area contributed by atoms with Crippen LogP contribution in [0.25, 0.3) is 0 Å². The third-order valence-electron chi connectivity index (χ3n) is 6.19. The highest BCUT2D eigenvalue weighted by molar-refractivity contribution is 5.67. The number of hydrogen-bond donors (Lipinski definition) is 0. The molecule has 0 heterocycles. The van der Waals surface area contributed by atoms with Crippen LogP contribution in [0, 0.1) is 0 Å².